The van der Waals surface area contributed by atoms with Gasteiger partial charge in [0.05, 0.1) is 17.9 Å². The van der Waals surface area contributed by atoms with Crippen LogP contribution in [0.1, 0.15) is 54.3 Å². The van der Waals surface area contributed by atoms with Gasteiger partial charge in [0.2, 0.25) is 0 Å². The molecule has 0 radical (unpaired) electrons. The van der Waals surface area contributed by atoms with Crippen molar-refractivity contribution in [2.24, 2.45) is 7.05 Å². The molecule has 1 saturated heterocycles. The van der Waals surface area contributed by atoms with E-state index in [2.05, 4.69) is 28.2 Å². The first-order chi connectivity index (χ1) is 12.2. The van der Waals surface area contributed by atoms with E-state index in [0.717, 1.165) is 50.7 Å². The summed E-state index contributed by atoms with van der Waals surface area (Å²) in [6.07, 6.45) is 7.58. The highest BCUT2D eigenvalue weighted by Crippen LogP contribution is 2.35. The molecule has 6 heteroatoms. The van der Waals surface area contributed by atoms with Crippen LogP contribution in [0.25, 0.3) is 0 Å². The van der Waals surface area contributed by atoms with Crippen LogP contribution < -0.4 is 0 Å². The first-order valence-electron chi connectivity index (χ1n) is 9.56. The van der Waals surface area contributed by atoms with Gasteiger partial charge in [0.1, 0.15) is 0 Å². The van der Waals surface area contributed by atoms with Crippen molar-refractivity contribution in [2.75, 3.05) is 26.2 Å². The van der Waals surface area contributed by atoms with E-state index in [-0.39, 0.29) is 0 Å². The van der Waals surface area contributed by atoms with E-state index in [1.165, 1.54) is 36.9 Å². The minimum atomic E-state index is 0.687. The number of aromatic nitrogens is 3. The molecule has 25 heavy (non-hydrogen) atoms. The van der Waals surface area contributed by atoms with Crippen molar-refractivity contribution in [1.29, 1.82) is 0 Å². The summed E-state index contributed by atoms with van der Waals surface area (Å²) in [6, 6.07) is 2.04. The molecule has 4 rings (SSSR count). The van der Waals surface area contributed by atoms with Gasteiger partial charge in [-0.05, 0) is 19.8 Å². The Hall–Kier alpha value is -1.66. The van der Waals surface area contributed by atoms with Crippen LogP contribution in [-0.4, -0.2) is 50.9 Å². The average molecular weight is 343 g/mol. The molecule has 0 amide bonds. The SMILES string of the molecule is Cc1cc(CN2CCN(Cc3cn(C)nc3C3CCCC3)CC2)on1. The summed E-state index contributed by atoms with van der Waals surface area (Å²) in [5.74, 6) is 1.66. The maximum atomic E-state index is 5.35. The van der Waals surface area contributed by atoms with Gasteiger partial charge in [0.25, 0.3) is 0 Å². The van der Waals surface area contributed by atoms with Gasteiger partial charge in [-0.25, -0.2) is 0 Å². The van der Waals surface area contributed by atoms with Crippen molar-refractivity contribution in [3.63, 3.8) is 0 Å². The molecule has 0 bridgehead atoms. The minimum absolute atomic E-state index is 0.687. The molecule has 6 nitrogen and oxygen atoms in total. The molecular weight excluding hydrogens is 314 g/mol. The van der Waals surface area contributed by atoms with Crippen molar-refractivity contribution in [3.8, 4) is 0 Å². The summed E-state index contributed by atoms with van der Waals surface area (Å²) in [5, 5.41) is 8.77. The molecule has 0 spiro atoms. The predicted octanol–water partition coefficient (Wildman–Crippen LogP) is 2.69. The highest BCUT2D eigenvalue weighted by atomic mass is 16.5. The average Bonchev–Trinajstić information content (AvgIpc) is 3.31. The van der Waals surface area contributed by atoms with Crippen LogP contribution in [0.5, 0.6) is 0 Å². The van der Waals surface area contributed by atoms with Gasteiger partial charge < -0.3 is 4.52 Å². The van der Waals surface area contributed by atoms with E-state index in [1.807, 2.05) is 17.7 Å². The Labute approximate surface area is 149 Å². The van der Waals surface area contributed by atoms with Gasteiger partial charge >= 0.3 is 0 Å². The Morgan fingerprint density at radius 3 is 2.40 bits per heavy atom. The molecule has 136 valence electrons. The van der Waals surface area contributed by atoms with Crippen molar-refractivity contribution in [3.05, 3.63) is 35.0 Å². The molecule has 0 N–H and O–H groups in total. The molecule has 2 aliphatic rings. The summed E-state index contributed by atoms with van der Waals surface area (Å²) in [6.45, 7) is 8.25. The number of aryl methyl sites for hydroxylation is 2. The third kappa shape index (κ3) is 3.96. The lowest BCUT2D eigenvalue weighted by molar-refractivity contribution is 0.113. The van der Waals surface area contributed by atoms with Crippen LogP contribution in [0.3, 0.4) is 0 Å². The van der Waals surface area contributed by atoms with E-state index >= 15 is 0 Å². The third-order valence-corrected chi connectivity index (χ3v) is 5.59. The van der Waals surface area contributed by atoms with Crippen molar-refractivity contribution >= 4 is 0 Å². The minimum Gasteiger partial charge on any atom is -0.360 e. The monoisotopic (exact) mass is 343 g/mol. The summed E-state index contributed by atoms with van der Waals surface area (Å²) < 4.78 is 7.35. The smallest absolute Gasteiger partial charge is 0.150 e. The van der Waals surface area contributed by atoms with Crippen LogP contribution in [0.2, 0.25) is 0 Å². The van der Waals surface area contributed by atoms with Gasteiger partial charge in [-0.3, -0.25) is 14.5 Å². The Kier molecular flexibility index (Phi) is 4.90. The fourth-order valence-electron chi connectivity index (χ4n) is 4.28. The summed E-state index contributed by atoms with van der Waals surface area (Å²) in [4.78, 5) is 5.02. The second-order valence-corrected chi connectivity index (χ2v) is 7.68. The fourth-order valence-corrected chi connectivity index (χ4v) is 4.28. The van der Waals surface area contributed by atoms with E-state index in [0.29, 0.717) is 5.92 Å². The molecule has 0 atom stereocenters. The molecule has 2 aromatic rings. The lowest BCUT2D eigenvalue weighted by Gasteiger charge is -2.34. The maximum absolute atomic E-state index is 5.35. The Balaban J connectivity index is 1.33. The van der Waals surface area contributed by atoms with Gasteiger partial charge in [0, 0.05) is 63.5 Å². The topological polar surface area (TPSA) is 50.3 Å². The highest BCUT2D eigenvalue weighted by Gasteiger charge is 2.25. The molecule has 1 aliphatic heterocycles. The summed E-state index contributed by atoms with van der Waals surface area (Å²) in [7, 11) is 2.05. The number of piperazine rings is 1. The van der Waals surface area contributed by atoms with Crippen LogP contribution in [0, 0.1) is 6.92 Å². The van der Waals surface area contributed by atoms with Crippen LogP contribution in [0.4, 0.5) is 0 Å². The maximum Gasteiger partial charge on any atom is 0.150 e. The predicted molar refractivity (Wildman–Crippen MR) is 96.2 cm³/mol. The number of hydrogen-bond donors (Lipinski definition) is 0. The molecule has 1 aliphatic carbocycles. The van der Waals surface area contributed by atoms with Gasteiger partial charge in [0.15, 0.2) is 5.76 Å². The van der Waals surface area contributed by atoms with Gasteiger partial charge in [-0.15, -0.1) is 0 Å². The van der Waals surface area contributed by atoms with Crippen LogP contribution in [0.15, 0.2) is 16.8 Å². The van der Waals surface area contributed by atoms with Gasteiger partial charge in [-0.1, -0.05) is 18.0 Å². The molecule has 3 heterocycles. The number of nitrogens with zero attached hydrogens (tertiary/aromatic N) is 5. The molecule has 0 unspecified atom stereocenters. The zero-order chi connectivity index (χ0) is 17.2. The highest BCUT2D eigenvalue weighted by molar-refractivity contribution is 5.22. The zero-order valence-electron chi connectivity index (χ0n) is 15.4. The summed E-state index contributed by atoms with van der Waals surface area (Å²) in [5.41, 5.74) is 3.76. The Bertz CT molecular complexity index is 692. The van der Waals surface area contributed by atoms with Crippen molar-refractivity contribution in [2.45, 2.75) is 51.6 Å². The first-order valence-corrected chi connectivity index (χ1v) is 9.56. The van der Waals surface area contributed by atoms with Crippen LogP contribution in [-0.2, 0) is 20.1 Å². The van der Waals surface area contributed by atoms with Crippen molar-refractivity contribution < 1.29 is 4.52 Å². The standard InChI is InChI=1S/C19H29N5O/c1-15-11-18(25-21-15)14-24-9-7-23(8-10-24)13-17-12-22(2)20-19(17)16-5-3-4-6-16/h11-12,16H,3-10,13-14H2,1-2H3. The van der Waals surface area contributed by atoms with Gasteiger partial charge in [-0.2, -0.15) is 5.10 Å². The second-order valence-electron chi connectivity index (χ2n) is 7.68. The van der Waals surface area contributed by atoms with Crippen LogP contribution >= 0.6 is 0 Å². The van der Waals surface area contributed by atoms with E-state index in [4.69, 9.17) is 9.62 Å². The molecule has 2 fully saturated rings. The normalized spacial score (nSPS) is 20.6. The molecule has 0 aromatic carbocycles. The quantitative estimate of drug-likeness (QED) is 0.835. The molecule has 1 saturated carbocycles. The van der Waals surface area contributed by atoms with Crippen molar-refractivity contribution in [1.82, 2.24) is 24.7 Å². The fraction of sp³-hybridized carbons (Fsp3) is 0.684. The lowest BCUT2D eigenvalue weighted by Crippen LogP contribution is -2.45. The second kappa shape index (κ2) is 7.30. The largest absolute Gasteiger partial charge is 0.360 e. The number of rotatable bonds is 5. The summed E-state index contributed by atoms with van der Waals surface area (Å²) >= 11 is 0. The first kappa shape index (κ1) is 16.8. The number of hydrogen-bond acceptors (Lipinski definition) is 5. The van der Waals surface area contributed by atoms with E-state index in [1.54, 1.807) is 0 Å². The third-order valence-electron chi connectivity index (χ3n) is 5.59. The van der Waals surface area contributed by atoms with E-state index in [9.17, 15) is 0 Å². The van der Waals surface area contributed by atoms with E-state index < -0.39 is 0 Å². The molecular formula is C19H29N5O. The zero-order valence-corrected chi connectivity index (χ0v) is 15.4. The molecule has 2 aromatic heterocycles. The Morgan fingerprint density at radius 2 is 1.76 bits per heavy atom. The lowest BCUT2D eigenvalue weighted by atomic mass is 10.00. The Morgan fingerprint density at radius 1 is 1.08 bits per heavy atom.